The molecule has 0 amide bonds. The van der Waals surface area contributed by atoms with E-state index >= 15 is 0 Å². The lowest BCUT2D eigenvalue weighted by atomic mass is 9.52. The van der Waals surface area contributed by atoms with Crippen molar-refractivity contribution in [1.82, 2.24) is 0 Å². The Kier molecular flexibility index (Phi) is 3.72. The molecular formula is C25H30O4. The van der Waals surface area contributed by atoms with E-state index in [9.17, 15) is 9.90 Å². The van der Waals surface area contributed by atoms with Gasteiger partial charge in [-0.1, -0.05) is 31.2 Å². The lowest BCUT2D eigenvalue weighted by molar-refractivity contribution is -0.0593. The fraction of sp³-hybridized carbons (Fsp3) is 0.640. The van der Waals surface area contributed by atoms with Crippen LogP contribution in [0.4, 0.5) is 0 Å². The van der Waals surface area contributed by atoms with Crippen molar-refractivity contribution in [3.63, 3.8) is 0 Å². The maximum atomic E-state index is 12.7. The number of rotatable bonds is 2. The SMILES string of the molecule is C[C@]12CC[C@]34O[C@]35CC[C@H](O)C=C5CC[C@H]4[C@@H]1CC[C@@H]2OC(=O)c1ccccc1. The Hall–Kier alpha value is -1.65. The molecule has 4 fully saturated rings. The minimum Gasteiger partial charge on any atom is -0.458 e. The largest absolute Gasteiger partial charge is 0.458 e. The quantitative estimate of drug-likeness (QED) is 0.458. The summed E-state index contributed by atoms with van der Waals surface area (Å²) in [5, 5.41) is 10.1. The number of ether oxygens (including phenoxy) is 2. The summed E-state index contributed by atoms with van der Waals surface area (Å²) in [6, 6.07) is 9.37. The molecule has 4 aliphatic carbocycles. The van der Waals surface area contributed by atoms with Gasteiger partial charge in [0, 0.05) is 5.41 Å². The number of aliphatic hydroxyl groups is 1. The van der Waals surface area contributed by atoms with Crippen molar-refractivity contribution in [3.05, 3.63) is 47.5 Å². The number of hydrogen-bond acceptors (Lipinski definition) is 4. The van der Waals surface area contributed by atoms with E-state index in [2.05, 4.69) is 13.0 Å². The topological polar surface area (TPSA) is 59.1 Å². The molecule has 3 saturated carbocycles. The van der Waals surface area contributed by atoms with Gasteiger partial charge in [-0.2, -0.15) is 0 Å². The summed E-state index contributed by atoms with van der Waals surface area (Å²) in [5.74, 6) is 0.915. The van der Waals surface area contributed by atoms with Crippen LogP contribution in [-0.2, 0) is 9.47 Å². The maximum absolute atomic E-state index is 12.7. The second kappa shape index (κ2) is 5.95. The number of aliphatic hydroxyl groups excluding tert-OH is 1. The van der Waals surface area contributed by atoms with Crippen molar-refractivity contribution >= 4 is 5.97 Å². The maximum Gasteiger partial charge on any atom is 0.338 e. The standard InChI is InChI=1S/C25H30O4/c1-23-13-14-25-20(8-7-17-15-18(26)11-12-24(17,25)29-25)19(23)9-10-21(23)28-22(27)16-5-3-2-4-6-16/h2-6,15,18-21,26H,7-14H2,1H3/t18-,19-,20-,21-,23-,24-,25+/m0/s1. The van der Waals surface area contributed by atoms with Gasteiger partial charge in [0.1, 0.15) is 17.3 Å². The Morgan fingerprint density at radius 2 is 1.90 bits per heavy atom. The molecule has 0 unspecified atom stereocenters. The van der Waals surface area contributed by atoms with Crippen LogP contribution in [0.25, 0.3) is 0 Å². The van der Waals surface area contributed by atoms with Gasteiger partial charge in [0.15, 0.2) is 0 Å². The second-order valence-electron chi connectivity index (χ2n) is 10.2. The molecule has 5 aliphatic rings. The van der Waals surface area contributed by atoms with Crippen LogP contribution >= 0.6 is 0 Å². The molecule has 4 nitrogen and oxygen atoms in total. The molecule has 1 aromatic rings. The number of esters is 1. The summed E-state index contributed by atoms with van der Waals surface area (Å²) >= 11 is 0. The molecule has 1 saturated heterocycles. The van der Waals surface area contributed by atoms with Crippen molar-refractivity contribution in [1.29, 1.82) is 0 Å². The van der Waals surface area contributed by atoms with Crippen LogP contribution in [-0.4, -0.2) is 34.5 Å². The predicted octanol–water partition coefficient (Wildman–Crippen LogP) is 4.42. The Morgan fingerprint density at radius 1 is 1.07 bits per heavy atom. The zero-order valence-corrected chi connectivity index (χ0v) is 17.1. The number of carbonyl (C=O) groups excluding carboxylic acids is 1. The molecule has 4 heteroatoms. The van der Waals surface area contributed by atoms with Gasteiger partial charge in [0.05, 0.1) is 11.7 Å². The first-order valence-electron chi connectivity index (χ1n) is 11.3. The lowest BCUT2D eigenvalue weighted by Crippen LogP contribution is -2.53. The Balaban J connectivity index is 1.25. The molecule has 1 aromatic carbocycles. The van der Waals surface area contributed by atoms with E-state index in [1.807, 2.05) is 30.3 Å². The number of fused-ring (bicyclic) bond motifs is 2. The van der Waals surface area contributed by atoms with Gasteiger partial charge < -0.3 is 14.6 Å². The number of benzene rings is 1. The fourth-order valence-corrected chi connectivity index (χ4v) is 7.67. The van der Waals surface area contributed by atoms with E-state index in [1.165, 1.54) is 5.57 Å². The first-order valence-corrected chi connectivity index (χ1v) is 11.3. The number of hydrogen-bond donors (Lipinski definition) is 1. The molecule has 0 radical (unpaired) electrons. The molecule has 1 aliphatic heterocycles. The number of epoxide rings is 1. The average molecular weight is 395 g/mol. The summed E-state index contributed by atoms with van der Waals surface area (Å²) in [6.07, 6.45) is 9.94. The van der Waals surface area contributed by atoms with E-state index in [1.54, 1.807) is 0 Å². The van der Waals surface area contributed by atoms with Crippen molar-refractivity contribution < 1.29 is 19.4 Å². The van der Waals surface area contributed by atoms with E-state index in [0.717, 1.165) is 51.4 Å². The van der Waals surface area contributed by atoms with Gasteiger partial charge in [0.2, 0.25) is 0 Å². The zero-order chi connectivity index (χ0) is 19.9. The summed E-state index contributed by atoms with van der Waals surface area (Å²) < 4.78 is 12.8. The van der Waals surface area contributed by atoms with Gasteiger partial charge >= 0.3 is 5.97 Å². The summed E-state index contributed by atoms with van der Waals surface area (Å²) in [6.45, 7) is 2.35. The molecule has 154 valence electrons. The summed E-state index contributed by atoms with van der Waals surface area (Å²) in [4.78, 5) is 12.7. The van der Waals surface area contributed by atoms with Crippen LogP contribution in [0.15, 0.2) is 42.0 Å². The van der Waals surface area contributed by atoms with E-state index < -0.39 is 0 Å². The van der Waals surface area contributed by atoms with Crippen LogP contribution in [0.2, 0.25) is 0 Å². The van der Waals surface area contributed by atoms with Crippen molar-refractivity contribution in [3.8, 4) is 0 Å². The average Bonchev–Trinajstić information content (AvgIpc) is 3.29. The van der Waals surface area contributed by atoms with Gasteiger partial charge in [-0.25, -0.2) is 4.79 Å². The molecule has 0 aromatic heterocycles. The van der Waals surface area contributed by atoms with Crippen molar-refractivity contribution in [2.45, 2.75) is 81.7 Å². The second-order valence-corrected chi connectivity index (χ2v) is 10.2. The van der Waals surface area contributed by atoms with E-state index in [-0.39, 0.29) is 34.8 Å². The highest BCUT2D eigenvalue weighted by molar-refractivity contribution is 5.89. The fourth-order valence-electron chi connectivity index (χ4n) is 7.67. The third-order valence-corrected chi connectivity index (χ3v) is 9.13. The van der Waals surface area contributed by atoms with Gasteiger partial charge in [-0.15, -0.1) is 0 Å². The third-order valence-electron chi connectivity index (χ3n) is 9.13. The van der Waals surface area contributed by atoms with Crippen LogP contribution in [0.3, 0.4) is 0 Å². The van der Waals surface area contributed by atoms with Crippen molar-refractivity contribution in [2.24, 2.45) is 17.3 Å². The van der Waals surface area contributed by atoms with Crippen LogP contribution in [0.5, 0.6) is 0 Å². The highest BCUT2D eigenvalue weighted by atomic mass is 16.6. The first kappa shape index (κ1) is 18.1. The molecule has 7 atom stereocenters. The first-order chi connectivity index (χ1) is 14.0. The third kappa shape index (κ3) is 2.30. The van der Waals surface area contributed by atoms with Crippen LogP contribution in [0, 0.1) is 17.3 Å². The minimum atomic E-state index is -0.296. The van der Waals surface area contributed by atoms with E-state index in [4.69, 9.17) is 9.47 Å². The van der Waals surface area contributed by atoms with Gasteiger partial charge in [-0.3, -0.25) is 0 Å². The zero-order valence-electron chi connectivity index (χ0n) is 17.1. The highest BCUT2D eigenvalue weighted by Gasteiger charge is 2.79. The Bertz CT molecular complexity index is 878. The smallest absolute Gasteiger partial charge is 0.338 e. The Labute approximate surface area is 172 Å². The molecule has 2 spiro atoms. The molecule has 29 heavy (non-hydrogen) atoms. The predicted molar refractivity (Wildman–Crippen MR) is 108 cm³/mol. The van der Waals surface area contributed by atoms with Gasteiger partial charge in [0.25, 0.3) is 0 Å². The van der Waals surface area contributed by atoms with Crippen LogP contribution in [0.1, 0.15) is 68.6 Å². The Morgan fingerprint density at radius 3 is 2.72 bits per heavy atom. The molecular weight excluding hydrogens is 364 g/mol. The van der Waals surface area contributed by atoms with E-state index in [0.29, 0.717) is 17.4 Å². The molecule has 0 bridgehead atoms. The van der Waals surface area contributed by atoms with Gasteiger partial charge in [-0.05, 0) is 80.9 Å². The highest BCUT2D eigenvalue weighted by Crippen LogP contribution is 2.74. The van der Waals surface area contributed by atoms with Crippen molar-refractivity contribution in [2.75, 3.05) is 0 Å². The molecule has 1 heterocycles. The minimum absolute atomic E-state index is 0.00243. The molecule has 1 N–H and O–H groups in total. The normalized spacial score (nSPS) is 47.2. The molecule has 6 rings (SSSR count). The monoisotopic (exact) mass is 394 g/mol. The summed E-state index contributed by atoms with van der Waals surface area (Å²) in [5.41, 5.74) is 1.95. The summed E-state index contributed by atoms with van der Waals surface area (Å²) in [7, 11) is 0. The van der Waals surface area contributed by atoms with Crippen LogP contribution < -0.4 is 0 Å². The number of carbonyl (C=O) groups is 1. The lowest BCUT2D eigenvalue weighted by Gasteiger charge is -2.50.